The quantitative estimate of drug-likeness (QED) is 0.872. The van der Waals surface area contributed by atoms with Gasteiger partial charge in [-0.05, 0) is 32.9 Å². The van der Waals surface area contributed by atoms with Crippen LogP contribution < -0.4 is 0 Å². The molecule has 4 heteroatoms. The van der Waals surface area contributed by atoms with Gasteiger partial charge in [0.1, 0.15) is 11.9 Å². The van der Waals surface area contributed by atoms with E-state index in [4.69, 9.17) is 11.6 Å². The Labute approximate surface area is 99.7 Å². The Morgan fingerprint density at radius 3 is 2.56 bits per heavy atom. The monoisotopic (exact) mass is 238 g/mol. The molecule has 0 radical (unpaired) electrons. The molecule has 0 bridgehead atoms. The molecule has 0 aliphatic carbocycles. The molecule has 2 rings (SSSR count). The van der Waals surface area contributed by atoms with E-state index in [2.05, 4.69) is 18.8 Å². The van der Waals surface area contributed by atoms with Crippen molar-refractivity contribution < 1.29 is 5.11 Å². The molecule has 0 saturated heterocycles. The average Bonchev–Trinajstić information content (AvgIpc) is 2.58. The summed E-state index contributed by atoms with van der Waals surface area (Å²) < 4.78 is 1.99. The Bertz CT molecular complexity index is 517. The number of fused-ring (bicyclic) bond motifs is 1. The predicted octanol–water partition coefficient (Wildman–Crippen LogP) is 3.32. The molecule has 1 atom stereocenters. The van der Waals surface area contributed by atoms with Crippen molar-refractivity contribution in [2.24, 2.45) is 0 Å². The van der Waals surface area contributed by atoms with Crippen LogP contribution in [-0.2, 0) is 0 Å². The Morgan fingerprint density at radius 1 is 1.31 bits per heavy atom. The molecular formula is C12H15ClN2O. The van der Waals surface area contributed by atoms with Gasteiger partial charge in [0.25, 0.3) is 0 Å². The van der Waals surface area contributed by atoms with Crippen LogP contribution in [-0.4, -0.2) is 14.7 Å². The van der Waals surface area contributed by atoms with Crippen molar-refractivity contribution in [2.75, 3.05) is 0 Å². The Kier molecular flexibility index (Phi) is 2.91. The van der Waals surface area contributed by atoms with Crippen LogP contribution in [0.4, 0.5) is 0 Å². The fourth-order valence-corrected chi connectivity index (χ4v) is 2.20. The summed E-state index contributed by atoms with van der Waals surface area (Å²) >= 11 is 6.18. The number of imidazole rings is 1. The van der Waals surface area contributed by atoms with Crippen molar-refractivity contribution in [1.29, 1.82) is 0 Å². The van der Waals surface area contributed by atoms with Crippen molar-refractivity contribution in [3.63, 3.8) is 0 Å². The summed E-state index contributed by atoms with van der Waals surface area (Å²) in [7, 11) is 0. The first kappa shape index (κ1) is 11.4. The van der Waals surface area contributed by atoms with Crippen LogP contribution in [0, 0.1) is 0 Å². The lowest BCUT2D eigenvalue weighted by atomic mass is 10.3. The van der Waals surface area contributed by atoms with E-state index in [9.17, 15) is 5.11 Å². The second-order valence-electron chi connectivity index (χ2n) is 4.22. The number of nitrogens with zero attached hydrogens (tertiary/aromatic N) is 2. The van der Waals surface area contributed by atoms with E-state index in [1.54, 1.807) is 6.92 Å². The number of benzene rings is 1. The van der Waals surface area contributed by atoms with E-state index < -0.39 is 6.10 Å². The smallest absolute Gasteiger partial charge is 0.138 e. The first-order valence-corrected chi connectivity index (χ1v) is 5.74. The highest BCUT2D eigenvalue weighted by Gasteiger charge is 2.18. The number of para-hydroxylation sites is 1. The van der Waals surface area contributed by atoms with E-state index in [1.165, 1.54) is 0 Å². The van der Waals surface area contributed by atoms with Gasteiger partial charge in [-0.3, -0.25) is 0 Å². The van der Waals surface area contributed by atoms with Gasteiger partial charge < -0.3 is 9.67 Å². The van der Waals surface area contributed by atoms with Crippen LogP contribution in [0.3, 0.4) is 0 Å². The average molecular weight is 239 g/mol. The number of aliphatic hydroxyl groups excluding tert-OH is 1. The fourth-order valence-electron chi connectivity index (χ4n) is 1.94. The van der Waals surface area contributed by atoms with Gasteiger partial charge >= 0.3 is 0 Å². The molecule has 1 aromatic heterocycles. The molecule has 0 amide bonds. The standard InChI is InChI=1S/C12H15ClN2O/c1-7(2)15-11-9(13)5-4-6-10(11)14-12(15)8(3)16/h4-8,16H,1-3H3/t8-/m1/s1. The summed E-state index contributed by atoms with van der Waals surface area (Å²) in [6, 6.07) is 5.84. The Balaban J connectivity index is 2.83. The lowest BCUT2D eigenvalue weighted by Gasteiger charge is -2.14. The van der Waals surface area contributed by atoms with E-state index in [1.807, 2.05) is 22.8 Å². The van der Waals surface area contributed by atoms with Gasteiger partial charge in [-0.15, -0.1) is 0 Å². The molecule has 0 unspecified atom stereocenters. The maximum Gasteiger partial charge on any atom is 0.138 e. The molecule has 0 saturated carbocycles. The largest absolute Gasteiger partial charge is 0.385 e. The highest BCUT2D eigenvalue weighted by molar-refractivity contribution is 6.35. The zero-order valence-corrected chi connectivity index (χ0v) is 10.4. The highest BCUT2D eigenvalue weighted by atomic mass is 35.5. The van der Waals surface area contributed by atoms with Crippen LogP contribution in [0.25, 0.3) is 11.0 Å². The summed E-state index contributed by atoms with van der Waals surface area (Å²) in [5.41, 5.74) is 1.73. The fraction of sp³-hybridized carbons (Fsp3) is 0.417. The van der Waals surface area contributed by atoms with Crippen molar-refractivity contribution in [3.8, 4) is 0 Å². The van der Waals surface area contributed by atoms with Gasteiger partial charge in [-0.1, -0.05) is 17.7 Å². The summed E-state index contributed by atoms with van der Waals surface area (Å²) in [5, 5.41) is 10.4. The lowest BCUT2D eigenvalue weighted by Crippen LogP contribution is -2.09. The third kappa shape index (κ3) is 1.70. The molecule has 0 fully saturated rings. The van der Waals surface area contributed by atoms with Crippen LogP contribution >= 0.6 is 11.6 Å². The summed E-state index contributed by atoms with van der Waals surface area (Å²) in [6.07, 6.45) is -0.592. The summed E-state index contributed by atoms with van der Waals surface area (Å²) in [6.45, 7) is 5.82. The minimum atomic E-state index is -0.592. The molecule has 3 nitrogen and oxygen atoms in total. The topological polar surface area (TPSA) is 38.0 Å². The number of rotatable bonds is 2. The number of aliphatic hydroxyl groups is 1. The molecule has 0 spiro atoms. The molecule has 86 valence electrons. The molecule has 0 aliphatic rings. The van der Waals surface area contributed by atoms with Crippen molar-refractivity contribution in [1.82, 2.24) is 9.55 Å². The number of hydrogen-bond acceptors (Lipinski definition) is 2. The molecule has 1 N–H and O–H groups in total. The maximum absolute atomic E-state index is 9.72. The van der Waals surface area contributed by atoms with Crippen molar-refractivity contribution in [2.45, 2.75) is 32.9 Å². The molecular weight excluding hydrogens is 224 g/mol. The van der Waals surface area contributed by atoms with E-state index in [-0.39, 0.29) is 6.04 Å². The lowest BCUT2D eigenvalue weighted by molar-refractivity contribution is 0.182. The van der Waals surface area contributed by atoms with E-state index in [0.29, 0.717) is 10.8 Å². The zero-order valence-electron chi connectivity index (χ0n) is 9.61. The van der Waals surface area contributed by atoms with Gasteiger partial charge in [0.05, 0.1) is 16.1 Å². The van der Waals surface area contributed by atoms with Gasteiger partial charge in [0.2, 0.25) is 0 Å². The second kappa shape index (κ2) is 4.07. The van der Waals surface area contributed by atoms with Gasteiger partial charge in [-0.2, -0.15) is 0 Å². The van der Waals surface area contributed by atoms with Gasteiger partial charge in [-0.25, -0.2) is 4.98 Å². The first-order valence-electron chi connectivity index (χ1n) is 5.36. The maximum atomic E-state index is 9.72. The minimum Gasteiger partial charge on any atom is -0.385 e. The molecule has 1 aromatic carbocycles. The summed E-state index contributed by atoms with van der Waals surface area (Å²) in [5.74, 6) is 0.665. The Hall–Kier alpha value is -1.06. The third-order valence-corrected chi connectivity index (χ3v) is 2.88. The number of aromatic nitrogens is 2. The van der Waals surface area contributed by atoms with Crippen LogP contribution in [0.2, 0.25) is 5.02 Å². The number of halogens is 1. The predicted molar refractivity (Wildman–Crippen MR) is 65.8 cm³/mol. The SMILES string of the molecule is CC(C)n1c([C@@H](C)O)nc2cccc(Cl)c21. The minimum absolute atomic E-state index is 0.217. The second-order valence-corrected chi connectivity index (χ2v) is 4.62. The van der Waals surface area contributed by atoms with Crippen molar-refractivity contribution >= 4 is 22.6 Å². The van der Waals surface area contributed by atoms with E-state index >= 15 is 0 Å². The summed E-state index contributed by atoms with van der Waals surface area (Å²) in [4.78, 5) is 4.42. The van der Waals surface area contributed by atoms with Gasteiger partial charge in [0.15, 0.2) is 0 Å². The van der Waals surface area contributed by atoms with Gasteiger partial charge in [0, 0.05) is 6.04 Å². The van der Waals surface area contributed by atoms with Crippen molar-refractivity contribution in [3.05, 3.63) is 29.0 Å². The van der Waals surface area contributed by atoms with Crippen LogP contribution in [0.15, 0.2) is 18.2 Å². The molecule has 1 heterocycles. The van der Waals surface area contributed by atoms with Crippen LogP contribution in [0.5, 0.6) is 0 Å². The molecule has 0 aliphatic heterocycles. The van der Waals surface area contributed by atoms with Crippen LogP contribution in [0.1, 0.15) is 38.7 Å². The zero-order chi connectivity index (χ0) is 11.9. The third-order valence-electron chi connectivity index (χ3n) is 2.58. The Morgan fingerprint density at radius 2 is 2.00 bits per heavy atom. The highest BCUT2D eigenvalue weighted by Crippen LogP contribution is 2.29. The first-order chi connectivity index (χ1) is 7.52. The van der Waals surface area contributed by atoms with E-state index in [0.717, 1.165) is 11.0 Å². The molecule has 16 heavy (non-hydrogen) atoms. The molecule has 2 aromatic rings. The number of hydrogen-bond donors (Lipinski definition) is 1. The normalized spacial score (nSPS) is 13.6.